The molecule has 0 aliphatic rings. The molecule has 224 valence electrons. The van der Waals surface area contributed by atoms with Crippen molar-refractivity contribution in [3.63, 3.8) is 0 Å². The Morgan fingerprint density at radius 2 is 1.07 bits per heavy atom. The molecule has 4 rings (SSSR count). The highest BCUT2D eigenvalue weighted by atomic mass is 32.1. The Morgan fingerprint density at radius 3 is 1.66 bits per heavy atom. The third-order valence-electron chi connectivity index (χ3n) is 8.54. The van der Waals surface area contributed by atoms with Crippen molar-refractivity contribution < 1.29 is 4.79 Å². The maximum Gasteiger partial charge on any atom is 0.251 e. The lowest BCUT2D eigenvalue weighted by molar-refractivity contribution is 0.0953. The molecule has 2 aromatic heterocycles. The van der Waals surface area contributed by atoms with Crippen LogP contribution in [0.3, 0.4) is 0 Å². The predicted molar refractivity (Wildman–Crippen MR) is 185 cm³/mol. The Bertz CT molecular complexity index is 1330. The zero-order valence-corrected chi connectivity index (χ0v) is 27.5. The van der Waals surface area contributed by atoms with Crippen LogP contribution in [0.4, 0.5) is 0 Å². The van der Waals surface area contributed by atoms with Crippen LogP contribution in [0.1, 0.15) is 145 Å². The topological polar surface area (TPSA) is 29.1 Å². The maximum absolute atomic E-state index is 12.9. The van der Waals surface area contributed by atoms with Gasteiger partial charge in [0.2, 0.25) is 0 Å². The van der Waals surface area contributed by atoms with E-state index in [1.54, 1.807) is 0 Å². The number of rotatable bonds is 21. The largest absolute Gasteiger partial charge is 0.352 e. The molecule has 0 unspecified atom stereocenters. The minimum atomic E-state index is 0.0663. The van der Waals surface area contributed by atoms with Crippen molar-refractivity contribution in [2.45, 2.75) is 136 Å². The molecule has 0 aliphatic carbocycles. The molecule has 0 aliphatic heterocycles. The highest BCUT2D eigenvalue weighted by molar-refractivity contribution is 7.36. The average Bonchev–Trinajstić information content (AvgIpc) is 3.53. The summed E-state index contributed by atoms with van der Waals surface area (Å²) >= 11 is 3.76. The fourth-order valence-corrected chi connectivity index (χ4v) is 8.58. The van der Waals surface area contributed by atoms with Gasteiger partial charge in [-0.3, -0.25) is 4.79 Å². The molecule has 2 heterocycles. The van der Waals surface area contributed by atoms with Gasteiger partial charge in [0.1, 0.15) is 0 Å². The van der Waals surface area contributed by atoms with E-state index in [1.165, 1.54) is 151 Å². The van der Waals surface area contributed by atoms with Crippen LogP contribution in [-0.2, 0) is 6.42 Å². The smallest absolute Gasteiger partial charge is 0.251 e. The number of amides is 1. The molecule has 4 aromatic rings. The summed E-state index contributed by atoms with van der Waals surface area (Å²) in [6, 6.07) is 13.3. The molecule has 0 saturated heterocycles. The third-order valence-corrected chi connectivity index (χ3v) is 11.1. The minimum Gasteiger partial charge on any atom is -0.352 e. The number of carbonyl (C=O) groups is 1. The van der Waals surface area contributed by atoms with Crippen LogP contribution in [0.2, 0.25) is 0 Å². The van der Waals surface area contributed by atoms with Crippen molar-refractivity contribution in [1.82, 2.24) is 5.32 Å². The quantitative estimate of drug-likeness (QED) is 0.0959. The molecule has 1 amide bonds. The van der Waals surface area contributed by atoms with Crippen molar-refractivity contribution in [2.75, 3.05) is 6.54 Å². The maximum atomic E-state index is 12.9. The lowest BCUT2D eigenvalue weighted by Crippen LogP contribution is -2.24. The molecule has 41 heavy (non-hydrogen) atoms. The Morgan fingerprint density at radius 1 is 0.585 bits per heavy atom. The van der Waals surface area contributed by atoms with Gasteiger partial charge in [-0.25, -0.2) is 0 Å². The number of benzene rings is 2. The van der Waals surface area contributed by atoms with Crippen LogP contribution < -0.4 is 5.32 Å². The number of hydrogen-bond donors (Lipinski definition) is 1. The van der Waals surface area contributed by atoms with Crippen molar-refractivity contribution >= 4 is 58.2 Å². The third kappa shape index (κ3) is 9.82. The van der Waals surface area contributed by atoms with Gasteiger partial charge in [-0.15, -0.1) is 22.7 Å². The van der Waals surface area contributed by atoms with Crippen LogP contribution in [0.15, 0.2) is 36.4 Å². The van der Waals surface area contributed by atoms with Gasteiger partial charge in [0, 0.05) is 32.3 Å². The number of fused-ring (bicyclic) bond motifs is 5. The van der Waals surface area contributed by atoms with Gasteiger partial charge in [-0.05, 0) is 55.2 Å². The van der Waals surface area contributed by atoms with E-state index in [0.29, 0.717) is 0 Å². The van der Waals surface area contributed by atoms with Gasteiger partial charge < -0.3 is 5.32 Å². The SMILES string of the molecule is CCCCCCCCCCCCCCNC(=O)c1ccc2sc3c4cc(CCCCCCCC)ccc4sc3c2c1. The summed E-state index contributed by atoms with van der Waals surface area (Å²) in [5, 5.41) is 5.81. The molecule has 0 fully saturated rings. The molecular weight excluding hydrogens is 539 g/mol. The second kappa shape index (κ2) is 17.9. The number of carbonyl (C=O) groups excluding carboxylic acids is 1. The van der Waals surface area contributed by atoms with Crippen molar-refractivity contribution in [1.29, 1.82) is 0 Å². The zero-order chi connectivity index (χ0) is 28.7. The van der Waals surface area contributed by atoms with Crippen LogP contribution in [0, 0.1) is 0 Å². The normalized spacial score (nSPS) is 11.8. The summed E-state index contributed by atoms with van der Waals surface area (Å²) in [5.41, 5.74) is 2.25. The first-order valence-electron chi connectivity index (χ1n) is 16.9. The summed E-state index contributed by atoms with van der Waals surface area (Å²) in [4.78, 5) is 12.9. The van der Waals surface area contributed by atoms with Gasteiger partial charge in [0.05, 0.1) is 9.40 Å². The first kappa shape index (κ1) is 32.0. The molecule has 0 saturated carbocycles. The molecule has 2 nitrogen and oxygen atoms in total. The number of aryl methyl sites for hydroxylation is 1. The van der Waals surface area contributed by atoms with Gasteiger partial charge in [0.15, 0.2) is 0 Å². The first-order valence-corrected chi connectivity index (χ1v) is 18.5. The highest BCUT2D eigenvalue weighted by Crippen LogP contribution is 2.44. The molecule has 0 radical (unpaired) electrons. The Kier molecular flexibility index (Phi) is 14.0. The van der Waals surface area contributed by atoms with Crippen molar-refractivity contribution in [3.05, 3.63) is 47.5 Å². The molecule has 0 spiro atoms. The lowest BCUT2D eigenvalue weighted by Gasteiger charge is -2.06. The lowest BCUT2D eigenvalue weighted by atomic mass is 10.0. The predicted octanol–water partition coefficient (Wildman–Crippen LogP) is 12.6. The second-order valence-electron chi connectivity index (χ2n) is 12.1. The second-order valence-corrected chi connectivity index (χ2v) is 14.2. The fraction of sp³-hybridized carbons (Fsp3) is 0.595. The monoisotopic (exact) mass is 591 g/mol. The number of nitrogens with one attached hydrogen (secondary N) is 1. The molecule has 1 N–H and O–H groups in total. The number of unbranched alkanes of at least 4 members (excludes halogenated alkanes) is 16. The minimum absolute atomic E-state index is 0.0663. The summed E-state index contributed by atoms with van der Waals surface area (Å²) in [6.45, 7) is 5.34. The average molecular weight is 592 g/mol. The van der Waals surface area contributed by atoms with Gasteiger partial charge in [-0.1, -0.05) is 123 Å². The van der Waals surface area contributed by atoms with E-state index >= 15 is 0 Å². The Labute approximate surface area is 257 Å². The fourth-order valence-electron chi connectivity index (χ4n) is 5.98. The van der Waals surface area contributed by atoms with Crippen LogP contribution in [0.5, 0.6) is 0 Å². The highest BCUT2D eigenvalue weighted by Gasteiger charge is 2.15. The summed E-state index contributed by atoms with van der Waals surface area (Å²) in [5.74, 6) is 0.0663. The molecule has 2 aromatic carbocycles. The zero-order valence-electron chi connectivity index (χ0n) is 25.8. The van der Waals surface area contributed by atoms with Gasteiger partial charge in [0.25, 0.3) is 5.91 Å². The summed E-state index contributed by atoms with van der Waals surface area (Å²) in [6.07, 6.45) is 25.3. The molecule has 0 bridgehead atoms. The molecule has 4 heteroatoms. The van der Waals surface area contributed by atoms with E-state index in [0.717, 1.165) is 18.5 Å². The number of thiophene rings is 2. The standard InChI is InChI=1S/C37H53NOS2/c1-3-5-7-9-11-12-13-14-15-16-18-20-26-38-37(39)30-23-25-34-32(28-30)36-35(41-34)31-27-29(22-24-33(31)40-36)21-19-17-10-8-6-4-2/h22-25,27-28H,3-21,26H2,1-2H3,(H,38,39). The summed E-state index contributed by atoms with van der Waals surface area (Å²) < 4.78 is 5.37. The van der Waals surface area contributed by atoms with Gasteiger partial charge in [-0.2, -0.15) is 0 Å². The Hall–Kier alpha value is -1.91. The Balaban J connectivity index is 1.22. The van der Waals surface area contributed by atoms with E-state index in [4.69, 9.17) is 0 Å². The van der Waals surface area contributed by atoms with E-state index in [-0.39, 0.29) is 5.91 Å². The van der Waals surface area contributed by atoms with Crippen LogP contribution in [0.25, 0.3) is 29.6 Å². The summed E-state index contributed by atoms with van der Waals surface area (Å²) in [7, 11) is 0. The molecule has 0 atom stereocenters. The molecular formula is C37H53NOS2. The van der Waals surface area contributed by atoms with E-state index in [9.17, 15) is 4.79 Å². The number of hydrogen-bond acceptors (Lipinski definition) is 3. The van der Waals surface area contributed by atoms with E-state index in [1.807, 2.05) is 28.7 Å². The van der Waals surface area contributed by atoms with Crippen molar-refractivity contribution in [3.8, 4) is 0 Å². The van der Waals surface area contributed by atoms with E-state index in [2.05, 4.69) is 49.5 Å². The first-order chi connectivity index (χ1) is 20.2. The van der Waals surface area contributed by atoms with Crippen LogP contribution >= 0.6 is 22.7 Å². The van der Waals surface area contributed by atoms with Crippen molar-refractivity contribution in [2.24, 2.45) is 0 Å². The van der Waals surface area contributed by atoms with E-state index < -0.39 is 0 Å². The van der Waals surface area contributed by atoms with Crippen LogP contribution in [-0.4, -0.2) is 12.5 Å². The van der Waals surface area contributed by atoms with Gasteiger partial charge >= 0.3 is 0 Å².